The molecule has 1 aliphatic rings. The summed E-state index contributed by atoms with van der Waals surface area (Å²) in [5.41, 5.74) is 2.52. The minimum Gasteiger partial charge on any atom is -0.312 e. The van der Waals surface area contributed by atoms with Crippen LogP contribution in [0.3, 0.4) is 0 Å². The maximum absolute atomic E-state index is 12.9. The lowest BCUT2D eigenvalue weighted by atomic mass is 10.1. The highest BCUT2D eigenvalue weighted by Crippen LogP contribution is 2.30. The van der Waals surface area contributed by atoms with Crippen LogP contribution >= 0.6 is 0 Å². The fourth-order valence-electron chi connectivity index (χ4n) is 3.06. The van der Waals surface area contributed by atoms with Crippen molar-refractivity contribution in [2.75, 3.05) is 18.0 Å². The molecule has 0 atom stereocenters. The maximum atomic E-state index is 12.9. The molecule has 0 radical (unpaired) electrons. The molecule has 0 spiro atoms. The summed E-state index contributed by atoms with van der Waals surface area (Å²) < 4.78 is 40.5. The van der Waals surface area contributed by atoms with Crippen LogP contribution in [-0.2, 0) is 27.7 Å². The predicted molar refractivity (Wildman–Crippen MR) is 98.1 cm³/mol. The van der Waals surface area contributed by atoms with E-state index in [1.54, 1.807) is 29.2 Å². The molecule has 0 unspecified atom stereocenters. The highest BCUT2D eigenvalue weighted by molar-refractivity contribution is 7.89. The molecule has 1 heterocycles. The van der Waals surface area contributed by atoms with Gasteiger partial charge in [-0.2, -0.15) is 0 Å². The van der Waals surface area contributed by atoms with Crippen molar-refractivity contribution in [2.24, 2.45) is 0 Å². The highest BCUT2D eigenvalue weighted by atomic mass is 32.2. The van der Waals surface area contributed by atoms with E-state index >= 15 is 0 Å². The van der Waals surface area contributed by atoms with Crippen LogP contribution in [0.25, 0.3) is 0 Å². The number of anilines is 1. The van der Waals surface area contributed by atoms with Gasteiger partial charge in [-0.1, -0.05) is 19.1 Å². The normalized spacial score (nSPS) is 13.7. The number of benzene rings is 2. The Morgan fingerprint density at radius 2 is 1.92 bits per heavy atom. The van der Waals surface area contributed by atoms with Crippen molar-refractivity contribution in [2.45, 2.75) is 31.1 Å². The number of sulfonamides is 1. The minimum absolute atomic E-state index is 0.0387. The summed E-state index contributed by atoms with van der Waals surface area (Å²) in [6.07, 6.45) is 1.55. The van der Waals surface area contributed by atoms with Crippen LogP contribution in [0.5, 0.6) is 0 Å². The predicted octanol–water partition coefficient (Wildman–Crippen LogP) is 2.65. The number of fused-ring (bicyclic) bond motifs is 1. The van der Waals surface area contributed by atoms with E-state index in [0.717, 1.165) is 16.8 Å². The van der Waals surface area contributed by atoms with Gasteiger partial charge in [0.15, 0.2) is 0 Å². The summed E-state index contributed by atoms with van der Waals surface area (Å²) in [4.78, 5) is 13.8. The Balaban J connectivity index is 1.68. The summed E-state index contributed by atoms with van der Waals surface area (Å²) in [6, 6.07) is 10.8. The summed E-state index contributed by atoms with van der Waals surface area (Å²) in [5.74, 6) is -0.278. The van der Waals surface area contributed by atoms with Gasteiger partial charge in [0.05, 0.1) is 4.90 Å². The molecule has 0 bridgehead atoms. The average Bonchev–Trinajstić information content (AvgIpc) is 3.06. The van der Waals surface area contributed by atoms with E-state index in [-0.39, 0.29) is 23.2 Å². The van der Waals surface area contributed by atoms with Crippen molar-refractivity contribution >= 4 is 21.6 Å². The molecule has 138 valence electrons. The van der Waals surface area contributed by atoms with Gasteiger partial charge in [-0.3, -0.25) is 4.79 Å². The second-order valence-corrected chi connectivity index (χ2v) is 7.98. The van der Waals surface area contributed by atoms with Crippen LogP contribution in [0.2, 0.25) is 0 Å². The molecule has 5 nitrogen and oxygen atoms in total. The van der Waals surface area contributed by atoms with E-state index in [0.29, 0.717) is 25.8 Å². The standard InChI is InChI=1S/C19H21FN2O3S/c1-2-19(23)22-12-10-15-13-17(7-8-18(15)22)26(24,25)21-11-9-14-3-5-16(20)6-4-14/h3-8,13,21H,2,9-12H2,1H3. The molecule has 1 aliphatic heterocycles. The van der Waals surface area contributed by atoms with Gasteiger partial charge in [0.1, 0.15) is 5.82 Å². The first-order valence-corrected chi connectivity index (χ1v) is 10.1. The zero-order valence-electron chi connectivity index (χ0n) is 14.5. The van der Waals surface area contributed by atoms with Gasteiger partial charge in [-0.05, 0) is 54.3 Å². The Hall–Kier alpha value is -2.25. The van der Waals surface area contributed by atoms with Crippen molar-refractivity contribution in [1.29, 1.82) is 0 Å². The Labute approximate surface area is 152 Å². The first kappa shape index (κ1) is 18.5. The summed E-state index contributed by atoms with van der Waals surface area (Å²) in [5, 5.41) is 0. The lowest BCUT2D eigenvalue weighted by molar-refractivity contribution is -0.118. The molecular formula is C19H21FN2O3S. The molecule has 0 aliphatic carbocycles. The topological polar surface area (TPSA) is 66.5 Å². The van der Waals surface area contributed by atoms with Crippen LogP contribution in [0.15, 0.2) is 47.4 Å². The Bertz CT molecular complexity index is 911. The number of rotatable bonds is 6. The van der Waals surface area contributed by atoms with E-state index in [4.69, 9.17) is 0 Å². The van der Waals surface area contributed by atoms with Gasteiger partial charge in [0.25, 0.3) is 0 Å². The Kier molecular flexibility index (Phi) is 5.38. The van der Waals surface area contributed by atoms with E-state index < -0.39 is 10.0 Å². The largest absolute Gasteiger partial charge is 0.312 e. The molecule has 26 heavy (non-hydrogen) atoms. The van der Waals surface area contributed by atoms with Gasteiger partial charge in [0, 0.05) is 25.2 Å². The van der Waals surface area contributed by atoms with Gasteiger partial charge in [-0.15, -0.1) is 0 Å². The SMILES string of the molecule is CCC(=O)N1CCc2cc(S(=O)(=O)NCCc3ccc(F)cc3)ccc21. The van der Waals surface area contributed by atoms with Crippen LogP contribution < -0.4 is 9.62 Å². The smallest absolute Gasteiger partial charge is 0.240 e. The van der Waals surface area contributed by atoms with E-state index in [2.05, 4.69) is 4.72 Å². The number of nitrogens with one attached hydrogen (secondary N) is 1. The zero-order chi connectivity index (χ0) is 18.7. The fraction of sp³-hybridized carbons (Fsp3) is 0.316. The van der Waals surface area contributed by atoms with Gasteiger partial charge in [-0.25, -0.2) is 17.5 Å². The first-order valence-electron chi connectivity index (χ1n) is 8.58. The molecule has 1 N–H and O–H groups in total. The quantitative estimate of drug-likeness (QED) is 0.843. The Morgan fingerprint density at radius 1 is 1.19 bits per heavy atom. The van der Waals surface area contributed by atoms with Crippen molar-refractivity contribution in [3.63, 3.8) is 0 Å². The van der Waals surface area contributed by atoms with Crippen molar-refractivity contribution in [3.8, 4) is 0 Å². The maximum Gasteiger partial charge on any atom is 0.240 e. The number of hydrogen-bond donors (Lipinski definition) is 1. The molecule has 3 rings (SSSR count). The van der Waals surface area contributed by atoms with E-state index in [9.17, 15) is 17.6 Å². The van der Waals surface area contributed by atoms with Crippen LogP contribution in [-0.4, -0.2) is 27.4 Å². The molecule has 7 heteroatoms. The number of nitrogens with zero attached hydrogens (tertiary/aromatic N) is 1. The minimum atomic E-state index is -3.63. The summed E-state index contributed by atoms with van der Waals surface area (Å²) in [6.45, 7) is 2.62. The highest BCUT2D eigenvalue weighted by Gasteiger charge is 2.25. The number of carbonyl (C=O) groups excluding carboxylic acids is 1. The molecule has 0 fully saturated rings. The molecule has 0 saturated heterocycles. The van der Waals surface area contributed by atoms with Crippen LogP contribution in [0, 0.1) is 5.82 Å². The molecular weight excluding hydrogens is 355 g/mol. The summed E-state index contributed by atoms with van der Waals surface area (Å²) in [7, 11) is -3.63. The lowest BCUT2D eigenvalue weighted by Crippen LogP contribution is -2.28. The van der Waals surface area contributed by atoms with Crippen molar-refractivity contribution in [1.82, 2.24) is 4.72 Å². The molecule has 2 aromatic rings. The number of hydrogen-bond acceptors (Lipinski definition) is 3. The molecule has 0 saturated carbocycles. The van der Waals surface area contributed by atoms with Crippen molar-refractivity contribution < 1.29 is 17.6 Å². The zero-order valence-corrected chi connectivity index (χ0v) is 15.4. The molecule has 2 aromatic carbocycles. The van der Waals surface area contributed by atoms with Crippen LogP contribution in [0.1, 0.15) is 24.5 Å². The van der Waals surface area contributed by atoms with E-state index in [1.807, 2.05) is 6.92 Å². The third kappa shape index (κ3) is 3.94. The monoisotopic (exact) mass is 376 g/mol. The average molecular weight is 376 g/mol. The van der Waals surface area contributed by atoms with Crippen molar-refractivity contribution in [3.05, 3.63) is 59.4 Å². The van der Waals surface area contributed by atoms with Gasteiger partial charge >= 0.3 is 0 Å². The lowest BCUT2D eigenvalue weighted by Gasteiger charge is -2.16. The third-order valence-corrected chi connectivity index (χ3v) is 5.94. The summed E-state index contributed by atoms with van der Waals surface area (Å²) >= 11 is 0. The molecule has 1 amide bonds. The second kappa shape index (κ2) is 7.55. The van der Waals surface area contributed by atoms with Gasteiger partial charge in [0.2, 0.25) is 15.9 Å². The van der Waals surface area contributed by atoms with E-state index in [1.165, 1.54) is 18.2 Å². The number of halogens is 1. The second-order valence-electron chi connectivity index (χ2n) is 6.21. The first-order chi connectivity index (χ1) is 12.4. The number of carbonyl (C=O) groups is 1. The fourth-order valence-corrected chi connectivity index (χ4v) is 4.14. The Morgan fingerprint density at radius 3 is 2.62 bits per heavy atom. The number of amides is 1. The van der Waals surface area contributed by atoms with Gasteiger partial charge < -0.3 is 4.90 Å². The molecule has 0 aromatic heterocycles. The van der Waals surface area contributed by atoms with Crippen LogP contribution in [0.4, 0.5) is 10.1 Å². The third-order valence-electron chi connectivity index (χ3n) is 4.48.